The number of carbonyl (C=O) groups is 1. The third kappa shape index (κ3) is 3.40. The van der Waals surface area contributed by atoms with E-state index >= 15 is 0 Å². The van der Waals surface area contributed by atoms with Crippen molar-refractivity contribution >= 4 is 17.4 Å². The van der Waals surface area contributed by atoms with E-state index in [1.807, 2.05) is 19.1 Å². The maximum absolute atomic E-state index is 11.3. The lowest BCUT2D eigenvalue weighted by Gasteiger charge is -2.08. The Morgan fingerprint density at radius 3 is 2.87 bits per heavy atom. The highest BCUT2D eigenvalue weighted by Gasteiger charge is 2.08. The summed E-state index contributed by atoms with van der Waals surface area (Å²) in [6.07, 6.45) is 3.75. The molecule has 0 unspecified atom stereocenters. The SMILES string of the molecule is CC=CCOc1cc(Cl)ccc1C(C)=O. The van der Waals surface area contributed by atoms with Crippen LogP contribution in [0.2, 0.25) is 5.02 Å². The number of ether oxygens (including phenoxy) is 1. The second-order valence-corrected chi connectivity index (χ2v) is 3.51. The van der Waals surface area contributed by atoms with Gasteiger partial charge in [-0.3, -0.25) is 4.79 Å². The van der Waals surface area contributed by atoms with Crippen LogP contribution in [0.4, 0.5) is 0 Å². The van der Waals surface area contributed by atoms with Gasteiger partial charge >= 0.3 is 0 Å². The second-order valence-electron chi connectivity index (χ2n) is 3.08. The Bertz CT molecular complexity index is 383. The van der Waals surface area contributed by atoms with Crippen LogP contribution in [0.1, 0.15) is 24.2 Å². The number of Topliss-reactive ketones (excluding diaryl/α,β-unsaturated/α-hetero) is 1. The number of hydrogen-bond acceptors (Lipinski definition) is 2. The number of hydrogen-bond donors (Lipinski definition) is 0. The van der Waals surface area contributed by atoms with Crippen molar-refractivity contribution in [2.24, 2.45) is 0 Å². The van der Waals surface area contributed by atoms with Crippen molar-refractivity contribution in [1.82, 2.24) is 0 Å². The molecule has 1 aromatic carbocycles. The molecule has 0 amide bonds. The van der Waals surface area contributed by atoms with Crippen molar-refractivity contribution in [3.05, 3.63) is 40.9 Å². The lowest BCUT2D eigenvalue weighted by Crippen LogP contribution is -2.01. The van der Waals surface area contributed by atoms with Gasteiger partial charge in [-0.1, -0.05) is 23.8 Å². The van der Waals surface area contributed by atoms with Crippen LogP contribution in [0.5, 0.6) is 5.75 Å². The largest absolute Gasteiger partial charge is 0.489 e. The van der Waals surface area contributed by atoms with E-state index in [0.717, 1.165) is 0 Å². The van der Waals surface area contributed by atoms with Crippen molar-refractivity contribution in [1.29, 1.82) is 0 Å². The molecule has 0 saturated heterocycles. The van der Waals surface area contributed by atoms with Gasteiger partial charge in [0.1, 0.15) is 12.4 Å². The summed E-state index contributed by atoms with van der Waals surface area (Å²) in [6, 6.07) is 5.01. The number of allylic oxidation sites excluding steroid dienone is 1. The molecule has 80 valence electrons. The Morgan fingerprint density at radius 2 is 2.27 bits per heavy atom. The zero-order valence-electron chi connectivity index (χ0n) is 8.79. The minimum absolute atomic E-state index is 0.0258. The summed E-state index contributed by atoms with van der Waals surface area (Å²) in [4.78, 5) is 11.3. The van der Waals surface area contributed by atoms with Crippen molar-refractivity contribution in [3.63, 3.8) is 0 Å². The van der Waals surface area contributed by atoms with Crippen LogP contribution in [0.3, 0.4) is 0 Å². The van der Waals surface area contributed by atoms with E-state index in [1.54, 1.807) is 18.2 Å². The molecule has 15 heavy (non-hydrogen) atoms. The third-order valence-electron chi connectivity index (χ3n) is 1.89. The summed E-state index contributed by atoms with van der Waals surface area (Å²) in [7, 11) is 0. The van der Waals surface area contributed by atoms with Crippen molar-refractivity contribution < 1.29 is 9.53 Å². The fourth-order valence-electron chi connectivity index (χ4n) is 1.14. The maximum atomic E-state index is 11.3. The summed E-state index contributed by atoms with van der Waals surface area (Å²) < 4.78 is 5.43. The number of ketones is 1. The number of rotatable bonds is 4. The Kier molecular flexibility index (Phi) is 4.37. The summed E-state index contributed by atoms with van der Waals surface area (Å²) in [5.74, 6) is 0.509. The first kappa shape index (κ1) is 11.8. The van der Waals surface area contributed by atoms with E-state index in [0.29, 0.717) is 22.9 Å². The van der Waals surface area contributed by atoms with Gasteiger partial charge in [-0.15, -0.1) is 0 Å². The van der Waals surface area contributed by atoms with Crippen LogP contribution in [0.15, 0.2) is 30.4 Å². The lowest BCUT2D eigenvalue weighted by molar-refractivity contribution is 0.101. The average Bonchev–Trinajstić information content (AvgIpc) is 2.18. The second kappa shape index (κ2) is 5.56. The van der Waals surface area contributed by atoms with Crippen molar-refractivity contribution in [2.45, 2.75) is 13.8 Å². The summed E-state index contributed by atoms with van der Waals surface area (Å²) in [6.45, 7) is 3.86. The molecular weight excluding hydrogens is 212 g/mol. The predicted molar refractivity (Wildman–Crippen MR) is 61.8 cm³/mol. The zero-order chi connectivity index (χ0) is 11.3. The highest BCUT2D eigenvalue weighted by Crippen LogP contribution is 2.23. The molecule has 0 fully saturated rings. The van der Waals surface area contributed by atoms with Gasteiger partial charge in [-0.05, 0) is 32.0 Å². The van der Waals surface area contributed by atoms with Gasteiger partial charge in [-0.25, -0.2) is 0 Å². The molecule has 0 radical (unpaired) electrons. The van der Waals surface area contributed by atoms with E-state index in [1.165, 1.54) is 6.92 Å². The van der Waals surface area contributed by atoms with Crippen LogP contribution in [0.25, 0.3) is 0 Å². The van der Waals surface area contributed by atoms with Gasteiger partial charge in [-0.2, -0.15) is 0 Å². The highest BCUT2D eigenvalue weighted by atomic mass is 35.5. The molecule has 1 rings (SSSR count). The normalized spacial score (nSPS) is 10.6. The van der Waals surface area contributed by atoms with E-state index in [4.69, 9.17) is 16.3 Å². The van der Waals surface area contributed by atoms with Gasteiger partial charge in [0.05, 0.1) is 5.56 Å². The molecule has 2 nitrogen and oxygen atoms in total. The zero-order valence-corrected chi connectivity index (χ0v) is 9.54. The Hall–Kier alpha value is -1.28. The van der Waals surface area contributed by atoms with Crippen molar-refractivity contribution in [3.8, 4) is 5.75 Å². The molecule has 0 bridgehead atoms. The lowest BCUT2D eigenvalue weighted by atomic mass is 10.1. The summed E-state index contributed by atoms with van der Waals surface area (Å²) >= 11 is 5.82. The Balaban J connectivity index is 2.91. The molecule has 0 aliphatic rings. The van der Waals surface area contributed by atoms with Crippen LogP contribution >= 0.6 is 11.6 Å². The van der Waals surface area contributed by atoms with Crippen LogP contribution in [-0.4, -0.2) is 12.4 Å². The van der Waals surface area contributed by atoms with Gasteiger partial charge in [0, 0.05) is 5.02 Å². The van der Waals surface area contributed by atoms with Gasteiger partial charge < -0.3 is 4.74 Å². The third-order valence-corrected chi connectivity index (χ3v) is 2.13. The van der Waals surface area contributed by atoms with E-state index in [2.05, 4.69) is 0 Å². The Morgan fingerprint density at radius 1 is 1.53 bits per heavy atom. The molecule has 0 aliphatic carbocycles. The number of halogens is 1. The molecule has 0 heterocycles. The van der Waals surface area contributed by atoms with Gasteiger partial charge in [0.25, 0.3) is 0 Å². The fraction of sp³-hybridized carbons (Fsp3) is 0.250. The first-order chi connectivity index (χ1) is 7.15. The molecule has 0 N–H and O–H groups in total. The van der Waals surface area contributed by atoms with E-state index < -0.39 is 0 Å². The smallest absolute Gasteiger partial charge is 0.163 e. The molecule has 0 atom stereocenters. The fourth-order valence-corrected chi connectivity index (χ4v) is 1.30. The molecule has 3 heteroatoms. The van der Waals surface area contributed by atoms with Crippen LogP contribution < -0.4 is 4.74 Å². The molecule has 0 aromatic heterocycles. The summed E-state index contributed by atoms with van der Waals surface area (Å²) in [5.41, 5.74) is 0.559. The maximum Gasteiger partial charge on any atom is 0.163 e. The molecular formula is C12H13ClO2. The van der Waals surface area contributed by atoms with Crippen LogP contribution in [-0.2, 0) is 0 Å². The first-order valence-electron chi connectivity index (χ1n) is 4.69. The average molecular weight is 225 g/mol. The highest BCUT2D eigenvalue weighted by molar-refractivity contribution is 6.30. The minimum atomic E-state index is -0.0258. The molecule has 0 aliphatic heterocycles. The minimum Gasteiger partial charge on any atom is -0.489 e. The first-order valence-corrected chi connectivity index (χ1v) is 5.07. The predicted octanol–water partition coefficient (Wildman–Crippen LogP) is 3.50. The standard InChI is InChI=1S/C12H13ClO2/c1-3-4-7-15-12-8-10(13)5-6-11(12)9(2)14/h3-6,8H,7H2,1-2H3. The van der Waals surface area contributed by atoms with E-state index in [9.17, 15) is 4.79 Å². The summed E-state index contributed by atoms with van der Waals surface area (Å²) in [5, 5.41) is 0.565. The molecule has 0 spiro atoms. The van der Waals surface area contributed by atoms with E-state index in [-0.39, 0.29) is 5.78 Å². The number of benzene rings is 1. The molecule has 1 aromatic rings. The van der Waals surface area contributed by atoms with Gasteiger partial charge in [0.15, 0.2) is 5.78 Å². The van der Waals surface area contributed by atoms with Gasteiger partial charge in [0.2, 0.25) is 0 Å². The van der Waals surface area contributed by atoms with Crippen molar-refractivity contribution in [2.75, 3.05) is 6.61 Å². The topological polar surface area (TPSA) is 26.3 Å². The number of carbonyl (C=O) groups excluding carboxylic acids is 1. The Labute approximate surface area is 94.5 Å². The van der Waals surface area contributed by atoms with Crippen LogP contribution in [0, 0.1) is 0 Å². The quantitative estimate of drug-likeness (QED) is 0.578. The monoisotopic (exact) mass is 224 g/mol. The molecule has 0 saturated carbocycles.